The maximum atomic E-state index is 15.1. The number of hydrogen-bond acceptors (Lipinski definition) is 7. The molecule has 1 saturated heterocycles. The first-order chi connectivity index (χ1) is 15.2. The Labute approximate surface area is 184 Å². The van der Waals surface area contributed by atoms with Crippen LogP contribution in [-0.2, 0) is 10.3 Å². The lowest BCUT2D eigenvalue weighted by molar-refractivity contribution is 0.0995. The molecule has 0 spiro atoms. The van der Waals surface area contributed by atoms with Gasteiger partial charge in [0.25, 0.3) is 5.91 Å². The molecule has 0 saturated carbocycles. The van der Waals surface area contributed by atoms with Crippen LogP contribution in [0.15, 0.2) is 41.5 Å². The van der Waals surface area contributed by atoms with Crippen molar-refractivity contribution >= 4 is 17.4 Å². The van der Waals surface area contributed by atoms with Crippen molar-refractivity contribution in [3.05, 3.63) is 59.2 Å². The molecule has 0 radical (unpaired) electrons. The molecule has 4 atom stereocenters. The number of carbonyl (C=O) groups is 1. The van der Waals surface area contributed by atoms with Crippen LogP contribution in [0.1, 0.15) is 41.9 Å². The molecule has 1 aromatic heterocycles. The average molecular weight is 432 g/mol. The number of aromatic nitrogens is 1. The number of benzene rings is 1. The van der Waals surface area contributed by atoms with E-state index in [4.69, 9.17) is 15.7 Å². The Balaban J connectivity index is 1.71. The first-order valence-corrected chi connectivity index (χ1v) is 10.1. The monoisotopic (exact) mass is 432 g/mol. The van der Waals surface area contributed by atoms with Gasteiger partial charge in [-0.3, -0.25) is 9.79 Å². The van der Waals surface area contributed by atoms with Crippen LogP contribution in [-0.4, -0.2) is 29.4 Å². The number of fused-ring (bicyclic) bond motifs is 1. The Hall–Kier alpha value is -3.82. The third-order valence-corrected chi connectivity index (χ3v) is 6.32. The molecule has 2 aliphatic heterocycles. The van der Waals surface area contributed by atoms with Crippen molar-refractivity contribution < 1.29 is 13.9 Å². The number of nitriles is 2. The predicted molar refractivity (Wildman–Crippen MR) is 114 cm³/mol. The zero-order chi connectivity index (χ0) is 23.1. The Kier molecular flexibility index (Phi) is 5.15. The molecule has 2 aromatic rings. The minimum absolute atomic E-state index is 0.118. The summed E-state index contributed by atoms with van der Waals surface area (Å²) in [6, 6.07) is 11.3. The summed E-state index contributed by atoms with van der Waals surface area (Å²) in [4.78, 5) is 21.2. The van der Waals surface area contributed by atoms with E-state index >= 15 is 4.39 Å². The van der Waals surface area contributed by atoms with Crippen LogP contribution in [0.2, 0.25) is 0 Å². The maximum absolute atomic E-state index is 15.1. The largest absolute Gasteiger partial charge is 0.386 e. The molecule has 3 N–H and O–H groups in total. The first-order valence-electron chi connectivity index (χ1n) is 10.1. The fourth-order valence-corrected chi connectivity index (χ4v) is 4.37. The number of amidine groups is 1. The number of nitrogens with zero attached hydrogens (tertiary/aromatic N) is 4. The summed E-state index contributed by atoms with van der Waals surface area (Å²) in [6.45, 7) is 3.71. The van der Waals surface area contributed by atoms with Gasteiger partial charge in [-0.2, -0.15) is 10.5 Å². The third kappa shape index (κ3) is 3.37. The zero-order valence-electron chi connectivity index (χ0n) is 17.6. The van der Waals surface area contributed by atoms with Gasteiger partial charge in [0, 0.05) is 23.4 Å². The van der Waals surface area contributed by atoms with Crippen LogP contribution < -0.4 is 11.1 Å². The molecule has 9 heteroatoms. The lowest BCUT2D eigenvalue weighted by atomic mass is 9.67. The average Bonchev–Trinajstić information content (AvgIpc) is 3.11. The maximum Gasteiger partial charge on any atom is 0.274 e. The third-order valence-electron chi connectivity index (χ3n) is 6.32. The van der Waals surface area contributed by atoms with Gasteiger partial charge in [-0.1, -0.05) is 0 Å². The van der Waals surface area contributed by atoms with Gasteiger partial charge in [-0.05, 0) is 50.6 Å². The highest BCUT2D eigenvalue weighted by Gasteiger charge is 2.57. The van der Waals surface area contributed by atoms with E-state index in [-0.39, 0.29) is 35.7 Å². The second-order valence-electron chi connectivity index (χ2n) is 8.38. The van der Waals surface area contributed by atoms with Gasteiger partial charge in [-0.15, -0.1) is 0 Å². The second-order valence-corrected chi connectivity index (χ2v) is 8.38. The van der Waals surface area contributed by atoms with Gasteiger partial charge in [0.2, 0.25) is 0 Å². The number of amides is 1. The van der Waals surface area contributed by atoms with Gasteiger partial charge < -0.3 is 15.8 Å². The van der Waals surface area contributed by atoms with E-state index in [1.807, 2.05) is 13.0 Å². The predicted octanol–water partition coefficient (Wildman–Crippen LogP) is 2.87. The summed E-state index contributed by atoms with van der Waals surface area (Å²) in [6.07, 6.45) is 1.43. The van der Waals surface area contributed by atoms with E-state index in [0.29, 0.717) is 17.7 Å². The second kappa shape index (κ2) is 7.70. The molecule has 0 unspecified atom stereocenters. The minimum atomic E-state index is -1.09. The molecule has 4 rings (SSSR count). The van der Waals surface area contributed by atoms with Gasteiger partial charge in [-0.25, -0.2) is 9.37 Å². The minimum Gasteiger partial charge on any atom is -0.386 e. The lowest BCUT2D eigenvalue weighted by Gasteiger charge is -2.41. The molecule has 162 valence electrons. The van der Waals surface area contributed by atoms with E-state index in [0.717, 1.165) is 0 Å². The molecule has 2 aliphatic rings. The summed E-state index contributed by atoms with van der Waals surface area (Å²) in [7, 11) is 0. The Morgan fingerprint density at radius 2 is 2.12 bits per heavy atom. The number of pyridine rings is 1. The van der Waals surface area contributed by atoms with E-state index in [2.05, 4.69) is 21.4 Å². The smallest absolute Gasteiger partial charge is 0.274 e. The van der Waals surface area contributed by atoms with Crippen molar-refractivity contribution in [1.29, 1.82) is 10.5 Å². The number of rotatable bonds is 3. The van der Waals surface area contributed by atoms with Crippen molar-refractivity contribution in [2.24, 2.45) is 22.1 Å². The molecule has 3 heterocycles. The summed E-state index contributed by atoms with van der Waals surface area (Å²) < 4.78 is 20.9. The van der Waals surface area contributed by atoms with Crippen LogP contribution in [0.3, 0.4) is 0 Å². The normalized spacial score (nSPS) is 28.7. The zero-order valence-corrected chi connectivity index (χ0v) is 17.6. The quantitative estimate of drug-likeness (QED) is 0.765. The van der Waals surface area contributed by atoms with Crippen LogP contribution in [0.5, 0.6) is 0 Å². The highest BCUT2D eigenvalue weighted by Crippen LogP contribution is 2.52. The summed E-state index contributed by atoms with van der Waals surface area (Å²) in [5.41, 5.74) is 5.18. The number of carbonyl (C=O) groups excluding carboxylic acids is 1. The molecule has 32 heavy (non-hydrogen) atoms. The molecule has 1 amide bonds. The van der Waals surface area contributed by atoms with Crippen LogP contribution >= 0.6 is 0 Å². The van der Waals surface area contributed by atoms with Crippen LogP contribution in [0.25, 0.3) is 0 Å². The van der Waals surface area contributed by atoms with E-state index in [9.17, 15) is 10.1 Å². The topological polar surface area (TPSA) is 137 Å². The Morgan fingerprint density at radius 3 is 2.78 bits per heavy atom. The Bertz CT molecular complexity index is 1200. The molecule has 8 nitrogen and oxygen atoms in total. The fourth-order valence-electron chi connectivity index (χ4n) is 4.37. The number of aliphatic imine (C=N–C) groups is 1. The molecule has 0 bridgehead atoms. The number of nitrogens with one attached hydrogen (secondary N) is 1. The number of hydrogen-bond donors (Lipinski definition) is 2. The number of nitrogens with two attached hydrogens (primary N) is 1. The van der Waals surface area contributed by atoms with E-state index in [1.54, 1.807) is 6.92 Å². The van der Waals surface area contributed by atoms with E-state index < -0.39 is 22.7 Å². The van der Waals surface area contributed by atoms with Crippen molar-refractivity contribution in [2.45, 2.75) is 31.9 Å². The van der Waals surface area contributed by atoms with Crippen molar-refractivity contribution in [3.8, 4) is 12.1 Å². The van der Waals surface area contributed by atoms with Gasteiger partial charge in [0.05, 0.1) is 24.3 Å². The first kappa shape index (κ1) is 21.4. The molecule has 1 fully saturated rings. The number of anilines is 1. The van der Waals surface area contributed by atoms with Crippen LogP contribution in [0, 0.1) is 39.8 Å². The highest BCUT2D eigenvalue weighted by atomic mass is 19.1. The van der Waals surface area contributed by atoms with Crippen molar-refractivity contribution in [1.82, 2.24) is 4.98 Å². The number of ether oxygens (including phenoxy) is 1. The number of halogens is 1. The van der Waals surface area contributed by atoms with Gasteiger partial charge in [0.1, 0.15) is 34.4 Å². The molecular weight excluding hydrogens is 411 g/mol. The van der Waals surface area contributed by atoms with Gasteiger partial charge in [0.15, 0.2) is 0 Å². The summed E-state index contributed by atoms with van der Waals surface area (Å²) in [5, 5.41) is 21.2. The summed E-state index contributed by atoms with van der Waals surface area (Å²) >= 11 is 0. The standard InChI is InChI=1S/C23H21FN6O2/c1-13-17-8-22(2,11-26)21(27)30-23(17,12-32-13)16-7-15(4-5-18(16)24)29-20(31)19-6-3-14(9-25)10-28-19/h3-7,10,13,17H,8,12H2,1-2H3,(H2,27,30)(H,29,31)/t13-,17-,22+,23-/m0/s1. The molecule has 0 aliphatic carbocycles. The van der Waals surface area contributed by atoms with Gasteiger partial charge >= 0.3 is 0 Å². The summed E-state index contributed by atoms with van der Waals surface area (Å²) in [5.74, 6) is -1.12. The highest BCUT2D eigenvalue weighted by molar-refractivity contribution is 6.03. The Morgan fingerprint density at radius 1 is 1.34 bits per heavy atom. The van der Waals surface area contributed by atoms with Crippen LogP contribution in [0.4, 0.5) is 10.1 Å². The van der Waals surface area contributed by atoms with Crippen molar-refractivity contribution in [2.75, 3.05) is 11.9 Å². The van der Waals surface area contributed by atoms with Crippen molar-refractivity contribution in [3.63, 3.8) is 0 Å². The lowest BCUT2D eigenvalue weighted by Crippen LogP contribution is -2.49. The SMILES string of the molecule is C[C@@H]1OC[C@@]2(c3cc(NC(=O)c4ccc(C#N)cn4)ccc3F)N=C(N)[C@@](C)(C#N)C[C@@H]12. The molecule has 1 aromatic carbocycles. The fraction of sp³-hybridized carbons (Fsp3) is 0.348. The van der Waals surface area contributed by atoms with E-state index in [1.165, 1.54) is 36.5 Å². The molecular formula is C23H21FN6O2.